The Kier molecular flexibility index (Phi) is 21.6. The molecule has 0 spiro atoms. The number of hydrogen-bond donors (Lipinski definition) is 0. The molecule has 25 valence electrons. The summed E-state index contributed by atoms with van der Waals surface area (Å²) in [7, 11) is 0. The maximum atomic E-state index is 8.47. The quantitative estimate of drug-likeness (QED) is 0.456. The molecule has 4 heteroatoms. The molecule has 0 aliphatic rings. The number of rotatable bonds is 0. The molecule has 0 fully saturated rings. The van der Waals surface area contributed by atoms with E-state index in [1.54, 1.807) is 0 Å². The van der Waals surface area contributed by atoms with Crippen LogP contribution < -0.4 is 0 Å². The van der Waals surface area contributed by atoms with Gasteiger partial charge < -0.3 is 0 Å². The van der Waals surface area contributed by atoms with Crippen LogP contribution in [0.25, 0.3) is 0 Å². The van der Waals surface area contributed by atoms with Gasteiger partial charge in [-0.3, -0.25) is 0 Å². The molecule has 4 heavy (non-hydrogen) atoms. The van der Waals surface area contributed by atoms with Gasteiger partial charge in [0.1, 0.15) is 0 Å². The topological polar surface area (TPSA) is 34.1 Å². The molecule has 0 aromatic rings. The van der Waals surface area contributed by atoms with Crippen LogP contribution in [0.1, 0.15) is 0 Å². The normalized spacial score (nSPS) is 2.00. The van der Waals surface area contributed by atoms with Gasteiger partial charge in [0, 0.05) is 0 Å². The monoisotopic (exact) mass is 119 g/mol. The molecule has 0 saturated carbocycles. The predicted octanol–water partition coefficient (Wildman–Crippen LogP) is 0.182. The molecule has 0 rings (SSSR count). The molecule has 0 saturated heterocycles. The van der Waals surface area contributed by atoms with Crippen LogP contribution in [0.5, 0.6) is 0 Å². The molecule has 0 N–H and O–H groups in total. The van der Waals surface area contributed by atoms with E-state index in [2.05, 4.69) is 0 Å². The van der Waals surface area contributed by atoms with E-state index in [1.165, 1.54) is 0 Å². The van der Waals surface area contributed by atoms with Gasteiger partial charge in [-0.25, -0.2) is 0 Å². The first kappa shape index (κ1) is 8.82. The summed E-state index contributed by atoms with van der Waals surface area (Å²) < 4.78 is 16.9. The molecule has 0 aliphatic carbocycles. The van der Waals surface area contributed by atoms with Crippen LogP contribution in [-0.2, 0) is 23.5 Å². The van der Waals surface area contributed by atoms with Crippen molar-refractivity contribution < 1.29 is 23.5 Å². The van der Waals surface area contributed by atoms with Crippen molar-refractivity contribution in [3.8, 4) is 0 Å². The zero-order chi connectivity index (χ0) is 2.71. The van der Waals surface area contributed by atoms with Crippen molar-refractivity contribution in [1.82, 2.24) is 0 Å². The molecule has 0 aliphatic heterocycles. The molecule has 0 heterocycles. The Morgan fingerprint density at radius 3 is 1.25 bits per heavy atom. The van der Waals surface area contributed by atoms with Gasteiger partial charge in [0.2, 0.25) is 0 Å². The Bertz CT molecular complexity index is 27.0. The summed E-state index contributed by atoms with van der Waals surface area (Å²) in [5, 5.41) is 0. The van der Waals surface area contributed by atoms with Gasteiger partial charge in [-0.2, -0.15) is 0 Å². The minimum atomic E-state index is -1.81. The molecule has 0 unspecified atom stereocenters. The van der Waals surface area contributed by atoms with E-state index in [9.17, 15) is 0 Å². The van der Waals surface area contributed by atoms with Crippen molar-refractivity contribution >= 4 is 12.4 Å². The molecule has 0 amide bonds. The Morgan fingerprint density at radius 2 is 1.25 bits per heavy atom. The van der Waals surface area contributed by atoms with Crippen LogP contribution >= 0.6 is 12.4 Å². The average Bonchev–Trinajstić information content (AvgIpc) is 0.918. The zero-order valence-electron chi connectivity index (χ0n) is 1.67. The number of hydrogen-bond acceptors (Lipinski definition) is 2. The van der Waals surface area contributed by atoms with E-state index in [1.807, 2.05) is 0 Å². The second-order valence-corrected chi connectivity index (χ2v) is 0.307. The molecule has 0 aromatic heterocycles. The third kappa shape index (κ3) is 23.9. The van der Waals surface area contributed by atoms with Gasteiger partial charge in [-0.1, -0.05) is 0 Å². The van der Waals surface area contributed by atoms with Crippen LogP contribution in [0.3, 0.4) is 0 Å². The third-order valence-electron chi connectivity index (χ3n) is 0. The first-order valence-electron chi connectivity index (χ1n) is 0.365. The third-order valence-corrected chi connectivity index (χ3v) is 0. The fourth-order valence-corrected chi connectivity index (χ4v) is 0. The molecule has 0 atom stereocenters. The van der Waals surface area contributed by atoms with E-state index in [-0.39, 0.29) is 12.4 Å². The average molecular weight is 119 g/mol. The van der Waals surface area contributed by atoms with Crippen molar-refractivity contribution in [3.05, 3.63) is 0 Å². The summed E-state index contributed by atoms with van der Waals surface area (Å²) >= 11 is -1.81. The second kappa shape index (κ2) is 9.79. The van der Waals surface area contributed by atoms with Crippen molar-refractivity contribution in [1.29, 1.82) is 0 Å². The van der Waals surface area contributed by atoms with Crippen LogP contribution in [0.15, 0.2) is 0 Å². The van der Waals surface area contributed by atoms with E-state index in [4.69, 9.17) is 7.35 Å². The van der Waals surface area contributed by atoms with Crippen molar-refractivity contribution in [3.63, 3.8) is 0 Å². The second-order valence-electron chi connectivity index (χ2n) is 0.0745. The van der Waals surface area contributed by atoms with Crippen LogP contribution in [0.2, 0.25) is 0 Å². The molecular formula is HClO2V. The minimum absolute atomic E-state index is 0. The van der Waals surface area contributed by atoms with E-state index in [0.717, 1.165) is 0 Å². The fourth-order valence-electron chi connectivity index (χ4n) is 0. The first-order valence-corrected chi connectivity index (χ1v) is 1.51. The summed E-state index contributed by atoms with van der Waals surface area (Å²) in [6.07, 6.45) is 0. The Balaban J connectivity index is 0. The van der Waals surface area contributed by atoms with Gasteiger partial charge in [-0.05, 0) is 0 Å². The van der Waals surface area contributed by atoms with Gasteiger partial charge >= 0.3 is 23.5 Å². The Labute approximate surface area is 36.5 Å². The van der Waals surface area contributed by atoms with Crippen molar-refractivity contribution in [2.45, 2.75) is 0 Å². The van der Waals surface area contributed by atoms with E-state index >= 15 is 0 Å². The standard InChI is InChI=1S/ClH.2O.V/h1H;;;. The van der Waals surface area contributed by atoms with Gasteiger partial charge in [0.25, 0.3) is 0 Å². The van der Waals surface area contributed by atoms with Crippen molar-refractivity contribution in [2.75, 3.05) is 0 Å². The summed E-state index contributed by atoms with van der Waals surface area (Å²) in [5.74, 6) is 0. The van der Waals surface area contributed by atoms with Crippen LogP contribution in [0, 0.1) is 0 Å². The molecule has 0 aromatic carbocycles. The Morgan fingerprint density at radius 1 is 1.25 bits per heavy atom. The zero-order valence-corrected chi connectivity index (χ0v) is 3.89. The summed E-state index contributed by atoms with van der Waals surface area (Å²) in [6.45, 7) is 0. The van der Waals surface area contributed by atoms with Gasteiger partial charge in [0.15, 0.2) is 0 Å². The number of halogens is 1. The maximum absolute atomic E-state index is 8.47. The van der Waals surface area contributed by atoms with E-state index < -0.39 is 16.2 Å². The first-order chi connectivity index (χ1) is 1.41. The predicted molar refractivity (Wildman–Crippen MR) is 8.62 cm³/mol. The SMILES string of the molecule is Cl.[O]=[V]=[O]. The fraction of sp³-hybridized carbons (Fsp3) is 0. The van der Waals surface area contributed by atoms with E-state index in [0.29, 0.717) is 0 Å². The van der Waals surface area contributed by atoms with Crippen LogP contribution in [-0.4, -0.2) is 0 Å². The molecule has 2 nitrogen and oxygen atoms in total. The van der Waals surface area contributed by atoms with Crippen LogP contribution in [0.4, 0.5) is 0 Å². The summed E-state index contributed by atoms with van der Waals surface area (Å²) in [5.41, 5.74) is 0. The molecular weight excluding hydrogens is 118 g/mol. The van der Waals surface area contributed by atoms with Gasteiger partial charge in [-0.15, -0.1) is 12.4 Å². The van der Waals surface area contributed by atoms with Crippen molar-refractivity contribution in [2.24, 2.45) is 0 Å². The summed E-state index contributed by atoms with van der Waals surface area (Å²) in [6, 6.07) is 0. The summed E-state index contributed by atoms with van der Waals surface area (Å²) in [4.78, 5) is 0. The van der Waals surface area contributed by atoms with Gasteiger partial charge in [0.05, 0.1) is 0 Å². The Hall–Kier alpha value is 0.474. The molecule has 0 bridgehead atoms. The molecule has 0 radical (unpaired) electrons.